The van der Waals surface area contributed by atoms with E-state index < -0.39 is 4.92 Å². The van der Waals surface area contributed by atoms with E-state index in [1.807, 2.05) is 0 Å². The third-order valence-electron chi connectivity index (χ3n) is 1.77. The zero-order valence-corrected chi connectivity index (χ0v) is 9.10. The topological polar surface area (TPSA) is 103 Å². The van der Waals surface area contributed by atoms with Crippen molar-refractivity contribution in [3.63, 3.8) is 0 Å². The molecule has 0 aromatic heterocycles. The molecular weight excluding hydrogens is 244 g/mol. The van der Waals surface area contributed by atoms with Gasteiger partial charge in [-0.15, -0.1) is 0 Å². The minimum Gasteiger partial charge on any atom is -0.354 e. The first-order valence-corrected chi connectivity index (χ1v) is 4.67. The molecular formula is C10H5ClN4O2. The lowest BCUT2D eigenvalue weighted by Gasteiger charge is -2.02. The largest absolute Gasteiger partial charge is 0.354 e. The van der Waals surface area contributed by atoms with E-state index in [1.165, 1.54) is 18.2 Å². The number of nitro groups is 1. The van der Waals surface area contributed by atoms with E-state index in [2.05, 4.69) is 5.32 Å². The van der Waals surface area contributed by atoms with Crippen molar-refractivity contribution in [2.75, 3.05) is 5.32 Å². The molecule has 1 aromatic carbocycles. The minimum atomic E-state index is -0.592. The first kappa shape index (κ1) is 12.5. The number of nitrogens with one attached hydrogen (secondary N) is 1. The third kappa shape index (κ3) is 3.20. The SMILES string of the molecule is N#CC(C#N)=CNc1cc(Cl)ccc1[N+](=O)[O-]. The van der Waals surface area contributed by atoms with Gasteiger partial charge in [0.1, 0.15) is 23.4 Å². The normalized spacial score (nSPS) is 8.65. The second kappa shape index (κ2) is 5.50. The van der Waals surface area contributed by atoms with E-state index in [1.54, 1.807) is 12.1 Å². The molecule has 0 saturated carbocycles. The molecule has 84 valence electrons. The Bertz CT molecular complexity index is 553. The van der Waals surface area contributed by atoms with Gasteiger partial charge in [0, 0.05) is 17.3 Å². The van der Waals surface area contributed by atoms with E-state index in [-0.39, 0.29) is 16.9 Å². The van der Waals surface area contributed by atoms with Crippen LogP contribution < -0.4 is 5.32 Å². The van der Waals surface area contributed by atoms with E-state index >= 15 is 0 Å². The average Bonchev–Trinajstić information content (AvgIpc) is 2.30. The van der Waals surface area contributed by atoms with Crippen LogP contribution in [0.3, 0.4) is 0 Å². The number of rotatable bonds is 3. The molecule has 0 radical (unpaired) electrons. The van der Waals surface area contributed by atoms with Gasteiger partial charge >= 0.3 is 0 Å². The first-order chi connectivity index (χ1) is 8.08. The lowest BCUT2D eigenvalue weighted by molar-refractivity contribution is -0.383. The summed E-state index contributed by atoms with van der Waals surface area (Å²) in [7, 11) is 0. The van der Waals surface area contributed by atoms with Crippen LogP contribution in [0.25, 0.3) is 0 Å². The predicted molar refractivity (Wildman–Crippen MR) is 61.0 cm³/mol. The van der Waals surface area contributed by atoms with Crippen LogP contribution in [-0.2, 0) is 0 Å². The van der Waals surface area contributed by atoms with Crippen molar-refractivity contribution >= 4 is 23.0 Å². The van der Waals surface area contributed by atoms with Crippen molar-refractivity contribution in [3.8, 4) is 12.1 Å². The standard InChI is InChI=1S/C10H5ClN4O2/c11-8-1-2-10(15(16)17)9(3-8)14-6-7(4-12)5-13/h1-3,6,14H. The molecule has 0 atom stereocenters. The van der Waals surface area contributed by atoms with Crippen LogP contribution in [0.5, 0.6) is 0 Å². The average molecular weight is 249 g/mol. The monoisotopic (exact) mass is 248 g/mol. The fraction of sp³-hybridized carbons (Fsp3) is 0. The van der Waals surface area contributed by atoms with E-state index in [0.717, 1.165) is 6.20 Å². The maximum atomic E-state index is 10.7. The van der Waals surface area contributed by atoms with Crippen LogP contribution in [-0.4, -0.2) is 4.92 Å². The Kier molecular flexibility index (Phi) is 4.04. The fourth-order valence-electron chi connectivity index (χ4n) is 1.02. The summed E-state index contributed by atoms with van der Waals surface area (Å²) in [6.45, 7) is 0. The number of halogens is 1. The smallest absolute Gasteiger partial charge is 0.292 e. The Hall–Kier alpha value is -2.57. The van der Waals surface area contributed by atoms with Crippen LogP contribution in [0.1, 0.15) is 0 Å². The van der Waals surface area contributed by atoms with Gasteiger partial charge in [0.15, 0.2) is 0 Å². The number of hydrogen-bond donors (Lipinski definition) is 1. The van der Waals surface area contributed by atoms with Gasteiger partial charge in [0.05, 0.1) is 4.92 Å². The molecule has 7 heteroatoms. The number of nitriles is 2. The zero-order chi connectivity index (χ0) is 12.8. The molecule has 17 heavy (non-hydrogen) atoms. The highest BCUT2D eigenvalue weighted by Crippen LogP contribution is 2.27. The van der Waals surface area contributed by atoms with Crippen LogP contribution in [0, 0.1) is 32.8 Å². The molecule has 0 fully saturated rings. The Morgan fingerprint density at radius 2 is 2.12 bits per heavy atom. The van der Waals surface area contributed by atoms with Crippen LogP contribution in [0.2, 0.25) is 5.02 Å². The molecule has 1 rings (SSSR count). The summed E-state index contributed by atoms with van der Waals surface area (Å²) in [6, 6.07) is 7.19. The van der Waals surface area contributed by atoms with Gasteiger partial charge in [0.2, 0.25) is 0 Å². The second-order valence-corrected chi connectivity index (χ2v) is 3.28. The Morgan fingerprint density at radius 1 is 1.47 bits per heavy atom. The Morgan fingerprint density at radius 3 is 2.65 bits per heavy atom. The van der Waals surface area contributed by atoms with Crippen molar-refractivity contribution in [1.82, 2.24) is 0 Å². The molecule has 1 aromatic rings. The summed E-state index contributed by atoms with van der Waals surface area (Å²) in [5.41, 5.74) is -0.273. The summed E-state index contributed by atoms with van der Waals surface area (Å²) >= 11 is 5.69. The van der Waals surface area contributed by atoms with Gasteiger partial charge < -0.3 is 5.32 Å². The highest BCUT2D eigenvalue weighted by molar-refractivity contribution is 6.31. The first-order valence-electron chi connectivity index (χ1n) is 4.29. The van der Waals surface area contributed by atoms with Crippen LogP contribution in [0.4, 0.5) is 11.4 Å². The van der Waals surface area contributed by atoms with Gasteiger partial charge in [-0.05, 0) is 12.1 Å². The van der Waals surface area contributed by atoms with E-state index in [4.69, 9.17) is 22.1 Å². The summed E-state index contributed by atoms with van der Waals surface area (Å²) in [5, 5.41) is 30.5. The number of allylic oxidation sites excluding steroid dienone is 1. The molecule has 0 unspecified atom stereocenters. The van der Waals surface area contributed by atoms with Gasteiger partial charge in [0.25, 0.3) is 5.69 Å². The van der Waals surface area contributed by atoms with Crippen LogP contribution >= 0.6 is 11.6 Å². The number of hydrogen-bond acceptors (Lipinski definition) is 5. The lowest BCUT2D eigenvalue weighted by Crippen LogP contribution is -1.96. The second-order valence-electron chi connectivity index (χ2n) is 2.84. The molecule has 0 spiro atoms. The number of nitrogens with zero attached hydrogens (tertiary/aromatic N) is 3. The predicted octanol–water partition coefficient (Wildman–Crippen LogP) is 2.59. The van der Waals surface area contributed by atoms with Gasteiger partial charge in [-0.3, -0.25) is 10.1 Å². The maximum Gasteiger partial charge on any atom is 0.292 e. The summed E-state index contributed by atoms with van der Waals surface area (Å²) < 4.78 is 0. The molecule has 0 saturated heterocycles. The van der Waals surface area contributed by atoms with Crippen molar-refractivity contribution in [3.05, 3.63) is 45.1 Å². The molecule has 1 N–H and O–H groups in total. The zero-order valence-electron chi connectivity index (χ0n) is 8.35. The number of anilines is 1. The Labute approximate surface area is 101 Å². The maximum absolute atomic E-state index is 10.7. The number of benzene rings is 1. The van der Waals surface area contributed by atoms with E-state index in [0.29, 0.717) is 5.02 Å². The van der Waals surface area contributed by atoms with Crippen molar-refractivity contribution < 1.29 is 4.92 Å². The van der Waals surface area contributed by atoms with Gasteiger partial charge in [-0.2, -0.15) is 10.5 Å². The molecule has 0 bridgehead atoms. The van der Waals surface area contributed by atoms with Gasteiger partial charge in [-0.1, -0.05) is 11.6 Å². The van der Waals surface area contributed by atoms with Crippen LogP contribution in [0.15, 0.2) is 30.0 Å². The molecule has 0 amide bonds. The van der Waals surface area contributed by atoms with Crippen molar-refractivity contribution in [1.29, 1.82) is 10.5 Å². The lowest BCUT2D eigenvalue weighted by atomic mass is 10.2. The van der Waals surface area contributed by atoms with E-state index in [9.17, 15) is 10.1 Å². The molecule has 0 heterocycles. The Balaban J connectivity index is 3.11. The summed E-state index contributed by atoms with van der Waals surface area (Å²) in [6.07, 6.45) is 1.08. The summed E-state index contributed by atoms with van der Waals surface area (Å²) in [5.74, 6) is 0. The van der Waals surface area contributed by atoms with Crippen molar-refractivity contribution in [2.45, 2.75) is 0 Å². The van der Waals surface area contributed by atoms with Crippen molar-refractivity contribution in [2.24, 2.45) is 0 Å². The molecule has 0 aliphatic rings. The third-order valence-corrected chi connectivity index (χ3v) is 2.00. The summed E-state index contributed by atoms with van der Waals surface area (Å²) in [4.78, 5) is 10.1. The minimum absolute atomic E-state index is 0.116. The highest BCUT2D eigenvalue weighted by Gasteiger charge is 2.12. The highest BCUT2D eigenvalue weighted by atomic mass is 35.5. The molecule has 6 nitrogen and oxygen atoms in total. The van der Waals surface area contributed by atoms with Gasteiger partial charge in [-0.25, -0.2) is 0 Å². The fourth-order valence-corrected chi connectivity index (χ4v) is 1.19. The molecule has 0 aliphatic carbocycles. The quantitative estimate of drug-likeness (QED) is 0.503. The number of nitro benzene ring substituents is 1. The molecule has 0 aliphatic heterocycles.